The summed E-state index contributed by atoms with van der Waals surface area (Å²) in [6.45, 7) is 0.117. The Bertz CT molecular complexity index is 3410. The van der Waals surface area contributed by atoms with Gasteiger partial charge in [0.2, 0.25) is 0 Å². The summed E-state index contributed by atoms with van der Waals surface area (Å²) in [5, 5.41) is 7.64. The van der Waals surface area contributed by atoms with E-state index in [1.165, 1.54) is 108 Å². The average molecular weight is 714 g/mol. The second-order valence-corrected chi connectivity index (χ2v) is 16.6. The molecule has 0 saturated heterocycles. The zero-order valence-electron chi connectivity index (χ0n) is 29.1. The number of ether oxygens (including phenoxy) is 2. The van der Waals surface area contributed by atoms with Gasteiger partial charge in [-0.25, -0.2) is 0 Å². The average Bonchev–Trinajstić information content (AvgIpc) is 3.88. The first-order valence-corrected chi connectivity index (χ1v) is 19.8. The minimum absolute atomic E-state index is 0.0584. The molecular weight excluding hydrogens is 690 g/mol. The lowest BCUT2D eigenvalue weighted by Gasteiger charge is -2.33. The minimum atomic E-state index is 0.0584. The van der Waals surface area contributed by atoms with E-state index in [1.807, 2.05) is 11.3 Å². The zero-order valence-corrected chi connectivity index (χ0v) is 29.9. The third-order valence-electron chi connectivity index (χ3n) is 13.0. The summed E-state index contributed by atoms with van der Waals surface area (Å²) in [4.78, 5) is 0. The van der Waals surface area contributed by atoms with Crippen LogP contribution in [0.1, 0.15) is 0 Å². The SMILES string of the molecule is c1ccc2c(c1)B1c3cc4c(cc3Oc3ccc5c6ccccc6n-2c5c31)sc1cc2c(cc14)B1c3ccccc3-n3c4ccccc4c4ccc(c1c43)O2. The van der Waals surface area contributed by atoms with E-state index < -0.39 is 0 Å². The van der Waals surface area contributed by atoms with Gasteiger partial charge in [-0.05, 0) is 93.4 Å². The summed E-state index contributed by atoms with van der Waals surface area (Å²) in [7, 11) is 0. The van der Waals surface area contributed by atoms with Crippen molar-refractivity contribution in [3.63, 3.8) is 0 Å². The summed E-state index contributed by atoms with van der Waals surface area (Å²) in [5.41, 5.74) is 15.1. The smallest absolute Gasteiger partial charge is 0.256 e. The van der Waals surface area contributed by atoms with Gasteiger partial charge in [-0.3, -0.25) is 0 Å². The van der Waals surface area contributed by atoms with Crippen molar-refractivity contribution in [2.45, 2.75) is 0 Å². The highest BCUT2D eigenvalue weighted by Gasteiger charge is 2.43. The van der Waals surface area contributed by atoms with Crippen molar-refractivity contribution >= 4 is 121 Å². The molecule has 0 saturated carbocycles. The fraction of sp³-hybridized carbons (Fsp3) is 0. The number of fused-ring (bicyclic) bond motifs is 19. The Kier molecular flexibility index (Phi) is 4.72. The van der Waals surface area contributed by atoms with Crippen LogP contribution >= 0.6 is 11.3 Å². The predicted molar refractivity (Wildman–Crippen MR) is 230 cm³/mol. The van der Waals surface area contributed by atoms with E-state index in [9.17, 15) is 0 Å². The molecule has 0 amide bonds. The highest BCUT2D eigenvalue weighted by Crippen LogP contribution is 2.44. The Morgan fingerprint density at radius 2 is 0.836 bits per heavy atom. The van der Waals surface area contributed by atoms with Crippen LogP contribution in [-0.2, 0) is 0 Å². The van der Waals surface area contributed by atoms with Crippen LogP contribution in [-0.4, -0.2) is 22.6 Å². The van der Waals surface area contributed by atoms with Gasteiger partial charge >= 0.3 is 0 Å². The van der Waals surface area contributed by atoms with Crippen LogP contribution < -0.4 is 42.3 Å². The summed E-state index contributed by atoms with van der Waals surface area (Å²) in [6.07, 6.45) is 0. The quantitative estimate of drug-likeness (QED) is 0.149. The predicted octanol–water partition coefficient (Wildman–Crippen LogP) is 8.12. The Hall–Kier alpha value is -6.69. The van der Waals surface area contributed by atoms with Crippen molar-refractivity contribution in [3.05, 3.63) is 146 Å². The monoisotopic (exact) mass is 714 g/mol. The summed E-state index contributed by atoms with van der Waals surface area (Å²) < 4.78 is 21.2. The third-order valence-corrected chi connectivity index (χ3v) is 14.1. The maximum atomic E-state index is 6.91. The van der Waals surface area contributed by atoms with E-state index >= 15 is 0 Å². The van der Waals surface area contributed by atoms with Crippen molar-refractivity contribution < 1.29 is 9.47 Å². The van der Waals surface area contributed by atoms with Gasteiger partial charge in [0, 0.05) is 53.1 Å². The molecular formula is C48H24B2N2O2S. The van der Waals surface area contributed by atoms with Crippen LogP contribution in [0.15, 0.2) is 146 Å². The second-order valence-electron chi connectivity index (χ2n) is 15.5. The van der Waals surface area contributed by atoms with Crippen LogP contribution in [0.25, 0.3) is 75.2 Å². The van der Waals surface area contributed by atoms with E-state index in [0.717, 1.165) is 23.0 Å². The number of thiophene rings is 1. The van der Waals surface area contributed by atoms with Gasteiger partial charge in [0.25, 0.3) is 13.4 Å². The Balaban J connectivity index is 1.00. The molecule has 55 heavy (non-hydrogen) atoms. The van der Waals surface area contributed by atoms with Crippen molar-refractivity contribution in [1.82, 2.24) is 9.13 Å². The van der Waals surface area contributed by atoms with Gasteiger partial charge in [0.1, 0.15) is 23.0 Å². The minimum Gasteiger partial charge on any atom is -0.458 e. The Morgan fingerprint density at radius 1 is 0.382 bits per heavy atom. The Morgan fingerprint density at radius 3 is 1.35 bits per heavy atom. The number of benzene rings is 8. The molecule has 0 radical (unpaired) electrons. The van der Waals surface area contributed by atoms with E-state index in [2.05, 4.69) is 155 Å². The fourth-order valence-electron chi connectivity index (χ4n) is 10.9. The molecule has 0 N–H and O–H groups in total. The number of nitrogens with zero attached hydrogens (tertiary/aromatic N) is 2. The first-order valence-electron chi connectivity index (χ1n) is 19.0. The molecule has 0 fully saturated rings. The fourth-order valence-corrected chi connectivity index (χ4v) is 12.0. The Labute approximate surface area is 318 Å². The molecule has 7 heteroatoms. The second kappa shape index (κ2) is 9.32. The lowest BCUT2D eigenvalue weighted by molar-refractivity contribution is 0.488. The normalized spacial score (nSPS) is 14.0. The first kappa shape index (κ1) is 27.9. The maximum Gasteiger partial charge on any atom is 0.256 e. The summed E-state index contributed by atoms with van der Waals surface area (Å²) in [5.74, 6) is 3.79. The van der Waals surface area contributed by atoms with Crippen molar-refractivity contribution in [1.29, 1.82) is 0 Å². The summed E-state index contributed by atoms with van der Waals surface area (Å²) >= 11 is 1.83. The standard InChI is InChI=1S/C48H24B2N2O2S/c1-5-13-35-25(9-1)27-17-19-39-45-47(27)51(35)37-15-7-3-11-31(37)49(45)33-21-29-30-22-34-42(24-44(30)55-43(29)23-41(33)53-39)54-40-20-18-28-26-10-2-6-14-36(26)52-38-16-8-4-12-32(38)50(34)46(40)48(28)52/h1-24H. The topological polar surface area (TPSA) is 28.3 Å². The number of rotatable bonds is 0. The number of para-hydroxylation sites is 4. The lowest BCUT2D eigenvalue weighted by Crippen LogP contribution is -2.58. The first-order chi connectivity index (χ1) is 27.3. The van der Waals surface area contributed by atoms with Crippen molar-refractivity contribution in [3.8, 4) is 34.4 Å². The number of hydrogen-bond donors (Lipinski definition) is 0. The highest BCUT2D eigenvalue weighted by molar-refractivity contribution is 7.26. The van der Waals surface area contributed by atoms with E-state index in [1.54, 1.807) is 0 Å². The van der Waals surface area contributed by atoms with Gasteiger partial charge < -0.3 is 18.6 Å². The molecule has 8 aromatic carbocycles. The van der Waals surface area contributed by atoms with E-state index in [4.69, 9.17) is 9.47 Å². The molecule has 3 aromatic heterocycles. The van der Waals surface area contributed by atoms with Gasteiger partial charge in [-0.2, -0.15) is 0 Å². The van der Waals surface area contributed by atoms with E-state index in [-0.39, 0.29) is 13.4 Å². The van der Waals surface area contributed by atoms with Crippen LogP contribution in [0.4, 0.5) is 0 Å². The van der Waals surface area contributed by atoms with Gasteiger partial charge in [-0.15, -0.1) is 11.3 Å². The maximum absolute atomic E-state index is 6.91. The zero-order chi connectivity index (χ0) is 35.3. The molecule has 0 atom stereocenters. The lowest BCUT2D eigenvalue weighted by atomic mass is 9.34. The number of hydrogen-bond acceptors (Lipinski definition) is 3. The van der Waals surface area contributed by atoms with Crippen LogP contribution in [0.3, 0.4) is 0 Å². The summed E-state index contributed by atoms with van der Waals surface area (Å²) in [6, 6.07) is 53.8. The molecule has 0 spiro atoms. The third kappa shape index (κ3) is 3.16. The van der Waals surface area contributed by atoms with Crippen LogP contribution in [0.2, 0.25) is 0 Å². The molecule has 4 aliphatic heterocycles. The molecule has 11 aromatic rings. The molecule has 7 heterocycles. The van der Waals surface area contributed by atoms with Gasteiger partial charge in [-0.1, -0.05) is 84.9 Å². The van der Waals surface area contributed by atoms with E-state index in [0.29, 0.717) is 0 Å². The van der Waals surface area contributed by atoms with Gasteiger partial charge in [0.05, 0.1) is 22.1 Å². The van der Waals surface area contributed by atoms with Crippen LogP contribution in [0, 0.1) is 0 Å². The molecule has 4 aliphatic rings. The molecule has 0 aliphatic carbocycles. The van der Waals surface area contributed by atoms with Crippen molar-refractivity contribution in [2.75, 3.05) is 0 Å². The van der Waals surface area contributed by atoms with Gasteiger partial charge in [0.15, 0.2) is 0 Å². The molecule has 4 nitrogen and oxygen atoms in total. The van der Waals surface area contributed by atoms with Crippen molar-refractivity contribution in [2.24, 2.45) is 0 Å². The molecule has 250 valence electrons. The largest absolute Gasteiger partial charge is 0.458 e. The van der Waals surface area contributed by atoms with Crippen LogP contribution in [0.5, 0.6) is 23.0 Å². The highest BCUT2D eigenvalue weighted by atomic mass is 32.1. The molecule has 0 bridgehead atoms. The number of aromatic nitrogens is 2. The molecule has 0 unspecified atom stereocenters. The molecule has 15 rings (SSSR count).